The number of hydrogen-bond acceptors (Lipinski definition) is 7. The fourth-order valence-electron chi connectivity index (χ4n) is 3.00. The number of aromatic nitrogens is 4. The number of fused-ring (bicyclic) bond motifs is 1. The monoisotopic (exact) mass is 412 g/mol. The average Bonchev–Trinajstić information content (AvgIpc) is 3.46. The number of carbonyl (C=O) groups is 1. The average molecular weight is 413 g/mol. The van der Waals surface area contributed by atoms with E-state index in [2.05, 4.69) is 12.1 Å². The molecule has 144 valence electrons. The van der Waals surface area contributed by atoms with Crippen LogP contribution < -0.4 is 0 Å². The van der Waals surface area contributed by atoms with E-state index >= 15 is 0 Å². The molecule has 0 saturated carbocycles. The number of unbranched alkanes of at least 4 members (excludes halogenated alkanes) is 1. The Hall–Kier alpha value is -2.58. The van der Waals surface area contributed by atoms with E-state index in [1.165, 1.54) is 0 Å². The Balaban J connectivity index is 1.61. The summed E-state index contributed by atoms with van der Waals surface area (Å²) in [5.74, 6) is -0.148. The van der Waals surface area contributed by atoms with Crippen molar-refractivity contribution in [2.24, 2.45) is 0 Å². The number of ether oxygens (including phenoxy) is 1. The number of hydrogen-bond donors (Lipinski definition) is 0. The first-order chi connectivity index (χ1) is 13.8. The van der Waals surface area contributed by atoms with Crippen LogP contribution in [0.4, 0.5) is 0 Å². The molecule has 28 heavy (non-hydrogen) atoms. The second kappa shape index (κ2) is 8.62. The van der Waals surface area contributed by atoms with Crippen LogP contribution in [-0.4, -0.2) is 32.6 Å². The summed E-state index contributed by atoms with van der Waals surface area (Å²) in [5.41, 5.74) is 3.55. The van der Waals surface area contributed by atoms with Crippen LogP contribution in [0.2, 0.25) is 0 Å². The van der Waals surface area contributed by atoms with Gasteiger partial charge in [0, 0.05) is 23.1 Å². The summed E-state index contributed by atoms with van der Waals surface area (Å²) in [6.45, 7) is 2.90. The van der Waals surface area contributed by atoms with Gasteiger partial charge in [-0.25, -0.2) is 0 Å². The summed E-state index contributed by atoms with van der Waals surface area (Å²) in [6, 6.07) is 8.17. The van der Waals surface area contributed by atoms with Crippen molar-refractivity contribution in [2.45, 2.75) is 32.7 Å². The minimum atomic E-state index is -0.148. The maximum absolute atomic E-state index is 11.5. The van der Waals surface area contributed by atoms with Crippen molar-refractivity contribution >= 4 is 39.7 Å². The van der Waals surface area contributed by atoms with Crippen molar-refractivity contribution in [1.82, 2.24) is 20.0 Å². The zero-order chi connectivity index (χ0) is 19.3. The topological polar surface area (TPSA) is 69.9 Å². The van der Waals surface area contributed by atoms with Gasteiger partial charge in [0.05, 0.1) is 18.0 Å². The van der Waals surface area contributed by atoms with E-state index in [9.17, 15) is 4.79 Å². The fraction of sp³-hybridized carbons (Fsp3) is 0.300. The van der Waals surface area contributed by atoms with E-state index in [0.29, 0.717) is 19.6 Å². The van der Waals surface area contributed by atoms with Crippen LogP contribution in [0.1, 0.15) is 26.2 Å². The Morgan fingerprint density at radius 3 is 2.54 bits per heavy atom. The van der Waals surface area contributed by atoms with Gasteiger partial charge in [-0.2, -0.15) is 15.0 Å². The number of carbonyl (C=O) groups excluding carboxylic acids is 1. The molecule has 0 unspecified atom stereocenters. The van der Waals surface area contributed by atoms with E-state index in [4.69, 9.17) is 19.9 Å². The van der Waals surface area contributed by atoms with Gasteiger partial charge in [-0.15, -0.1) is 22.7 Å². The lowest BCUT2D eigenvalue weighted by atomic mass is 10.1. The van der Waals surface area contributed by atoms with Gasteiger partial charge < -0.3 is 4.74 Å². The summed E-state index contributed by atoms with van der Waals surface area (Å²) < 4.78 is 4.97. The first-order valence-electron chi connectivity index (χ1n) is 9.23. The Morgan fingerprint density at radius 1 is 1.07 bits per heavy atom. The Labute approximate surface area is 170 Å². The van der Waals surface area contributed by atoms with Crippen molar-refractivity contribution in [2.75, 3.05) is 6.61 Å². The molecule has 8 heteroatoms. The lowest BCUT2D eigenvalue weighted by Gasteiger charge is -2.01. The van der Waals surface area contributed by atoms with Crippen LogP contribution in [-0.2, 0) is 16.1 Å². The van der Waals surface area contributed by atoms with Gasteiger partial charge in [-0.3, -0.25) is 9.78 Å². The standard InChI is InChI=1S/C20H20N4O2S2/c1-2-26-17(25)9-3-4-10-24-22-18-14(15-7-5-11-27-15)13-21-19(20(18)23-24)16-8-6-12-28-16/h5-8,11-13H,2-4,9-10H2,1H3. The molecule has 4 rings (SSSR count). The van der Waals surface area contributed by atoms with Crippen LogP contribution in [0.3, 0.4) is 0 Å². The highest BCUT2D eigenvalue weighted by atomic mass is 32.1. The minimum Gasteiger partial charge on any atom is -0.466 e. The van der Waals surface area contributed by atoms with Crippen molar-refractivity contribution in [3.63, 3.8) is 0 Å². The summed E-state index contributed by atoms with van der Waals surface area (Å²) in [6.07, 6.45) is 3.89. The number of nitrogens with zero attached hydrogens (tertiary/aromatic N) is 4. The van der Waals surface area contributed by atoms with E-state index < -0.39 is 0 Å². The lowest BCUT2D eigenvalue weighted by Crippen LogP contribution is -2.06. The van der Waals surface area contributed by atoms with E-state index in [-0.39, 0.29) is 5.97 Å². The number of aryl methyl sites for hydroxylation is 1. The van der Waals surface area contributed by atoms with Gasteiger partial charge in [0.2, 0.25) is 0 Å². The maximum Gasteiger partial charge on any atom is 0.305 e. The summed E-state index contributed by atoms with van der Waals surface area (Å²) in [4.78, 5) is 20.1. The smallest absolute Gasteiger partial charge is 0.305 e. The molecule has 0 saturated heterocycles. The molecule has 0 aliphatic heterocycles. The number of rotatable bonds is 8. The molecule has 4 aromatic rings. The Bertz CT molecular complexity index is 984. The molecule has 6 nitrogen and oxygen atoms in total. The molecule has 0 fully saturated rings. The molecule has 4 aromatic heterocycles. The normalized spacial score (nSPS) is 11.2. The predicted octanol–water partition coefficient (Wildman–Crippen LogP) is 5.02. The first-order valence-corrected chi connectivity index (χ1v) is 11.0. The first kappa shape index (κ1) is 18.8. The Kier molecular flexibility index (Phi) is 5.78. The van der Waals surface area contributed by atoms with Gasteiger partial charge in [0.15, 0.2) is 0 Å². The van der Waals surface area contributed by atoms with Crippen molar-refractivity contribution in [3.05, 3.63) is 41.2 Å². The van der Waals surface area contributed by atoms with Crippen LogP contribution >= 0.6 is 22.7 Å². The molecule has 0 amide bonds. The van der Waals surface area contributed by atoms with Gasteiger partial charge in [0.25, 0.3) is 0 Å². The highest BCUT2D eigenvalue weighted by Crippen LogP contribution is 2.35. The maximum atomic E-state index is 11.5. The molecule has 4 heterocycles. The van der Waals surface area contributed by atoms with Gasteiger partial charge >= 0.3 is 5.97 Å². The molecular formula is C20H20N4O2S2. The second-order valence-electron chi connectivity index (χ2n) is 6.23. The molecule has 0 aliphatic rings. The molecule has 0 aliphatic carbocycles. The van der Waals surface area contributed by atoms with Crippen LogP contribution in [0.25, 0.3) is 32.0 Å². The van der Waals surface area contributed by atoms with Crippen LogP contribution in [0.5, 0.6) is 0 Å². The zero-order valence-electron chi connectivity index (χ0n) is 15.5. The fourth-order valence-corrected chi connectivity index (χ4v) is 4.46. The van der Waals surface area contributed by atoms with Crippen molar-refractivity contribution in [3.8, 4) is 21.0 Å². The third-order valence-corrected chi connectivity index (χ3v) is 6.07. The Morgan fingerprint density at radius 2 is 1.82 bits per heavy atom. The molecule has 0 spiro atoms. The van der Waals surface area contributed by atoms with Crippen LogP contribution in [0, 0.1) is 0 Å². The summed E-state index contributed by atoms with van der Waals surface area (Å²) in [5, 5.41) is 13.6. The lowest BCUT2D eigenvalue weighted by molar-refractivity contribution is -0.143. The van der Waals surface area contributed by atoms with E-state index in [1.54, 1.807) is 27.5 Å². The highest BCUT2D eigenvalue weighted by molar-refractivity contribution is 7.14. The van der Waals surface area contributed by atoms with Gasteiger partial charge in [0.1, 0.15) is 16.7 Å². The van der Waals surface area contributed by atoms with Gasteiger partial charge in [-0.1, -0.05) is 12.1 Å². The molecule has 0 atom stereocenters. The molecule has 0 bridgehead atoms. The van der Waals surface area contributed by atoms with Crippen molar-refractivity contribution < 1.29 is 9.53 Å². The van der Waals surface area contributed by atoms with Crippen LogP contribution in [0.15, 0.2) is 41.2 Å². The summed E-state index contributed by atoms with van der Waals surface area (Å²) >= 11 is 3.31. The zero-order valence-corrected chi connectivity index (χ0v) is 17.1. The van der Waals surface area contributed by atoms with E-state index in [1.807, 2.05) is 36.0 Å². The third-order valence-electron chi connectivity index (χ3n) is 4.29. The number of thiophene rings is 2. The molecular weight excluding hydrogens is 392 g/mol. The number of esters is 1. The quantitative estimate of drug-likeness (QED) is 0.300. The number of pyridine rings is 1. The minimum absolute atomic E-state index is 0.148. The molecule has 0 N–H and O–H groups in total. The van der Waals surface area contributed by atoms with Gasteiger partial charge in [-0.05, 0) is 42.7 Å². The predicted molar refractivity (Wildman–Crippen MR) is 112 cm³/mol. The second-order valence-corrected chi connectivity index (χ2v) is 8.13. The largest absolute Gasteiger partial charge is 0.466 e. The molecule has 0 aromatic carbocycles. The third kappa shape index (κ3) is 3.98. The highest BCUT2D eigenvalue weighted by Gasteiger charge is 2.17. The van der Waals surface area contributed by atoms with E-state index in [0.717, 1.165) is 44.9 Å². The van der Waals surface area contributed by atoms with Crippen molar-refractivity contribution in [1.29, 1.82) is 0 Å². The molecule has 0 radical (unpaired) electrons. The SMILES string of the molecule is CCOC(=O)CCCCn1nc2c(-c3cccs3)cnc(-c3cccs3)c2n1. The summed E-state index contributed by atoms with van der Waals surface area (Å²) in [7, 11) is 0.